The molecule has 1 rings (SSSR count). The molecule has 0 aliphatic carbocycles. The van der Waals surface area contributed by atoms with E-state index >= 15 is 0 Å². The molecule has 42 heavy (non-hydrogen) atoms. The van der Waals surface area contributed by atoms with Crippen molar-refractivity contribution in [2.45, 2.75) is 206 Å². The summed E-state index contributed by atoms with van der Waals surface area (Å²) in [6, 6.07) is 0. The summed E-state index contributed by atoms with van der Waals surface area (Å²) in [5.41, 5.74) is 0. The van der Waals surface area contributed by atoms with E-state index in [4.69, 9.17) is 4.74 Å². The lowest BCUT2D eigenvalue weighted by Gasteiger charge is -2.27. The number of ether oxygens (including phenoxy) is 1. The summed E-state index contributed by atoms with van der Waals surface area (Å²) in [5.74, 6) is 0.988. The van der Waals surface area contributed by atoms with Gasteiger partial charge in [-0.1, -0.05) is 160 Å². The Balaban J connectivity index is 1.89. The maximum absolute atomic E-state index is 11.9. The first kappa shape index (κ1) is 38.7. The number of hydrogen-bond donors (Lipinski definition) is 0. The zero-order valence-electron chi connectivity index (χ0n) is 28.5. The number of carbonyl (C=O) groups excluding carboxylic acids is 1. The number of cyclic esters (lactones) is 1. The molecule has 0 aromatic carbocycles. The Labute approximate surface area is 263 Å². The normalized spacial score (nSPS) is 16.2. The van der Waals surface area contributed by atoms with Crippen molar-refractivity contribution in [3.8, 4) is 0 Å². The number of unbranched alkanes of at least 4 members (excludes halogenated alkanes) is 25. The van der Waals surface area contributed by atoms with Crippen molar-refractivity contribution >= 4 is 5.97 Å². The average Bonchev–Trinajstić information content (AvgIpc) is 2.99. The van der Waals surface area contributed by atoms with Crippen LogP contribution in [-0.4, -0.2) is 5.97 Å². The minimum absolute atomic E-state index is 0.00680. The molecule has 0 saturated carbocycles. The summed E-state index contributed by atoms with van der Waals surface area (Å²) in [6.07, 6.45) is 51.3. The minimum atomic E-state index is -0.00680. The van der Waals surface area contributed by atoms with Crippen LogP contribution in [0.1, 0.15) is 206 Å². The molecule has 0 N–H and O–H groups in total. The molecule has 2 heteroatoms. The molecule has 0 amide bonds. The van der Waals surface area contributed by atoms with Crippen molar-refractivity contribution in [2.24, 2.45) is 5.92 Å². The lowest BCUT2D eigenvalue weighted by Crippen LogP contribution is -2.32. The maximum atomic E-state index is 11.9. The number of esters is 1. The topological polar surface area (TPSA) is 26.3 Å². The predicted octanol–water partition coefficient (Wildman–Crippen LogP) is 13.9. The summed E-state index contributed by atoms with van der Waals surface area (Å²) in [7, 11) is 0. The molecule has 0 aromatic heterocycles. The van der Waals surface area contributed by atoms with E-state index < -0.39 is 0 Å². The third-order valence-electron chi connectivity index (χ3n) is 8.91. The Morgan fingerprint density at radius 3 is 1.19 bits per heavy atom. The lowest BCUT2D eigenvalue weighted by atomic mass is 9.94. The van der Waals surface area contributed by atoms with Crippen molar-refractivity contribution < 1.29 is 9.53 Å². The molecule has 0 bridgehead atoms. The van der Waals surface area contributed by atoms with Gasteiger partial charge in [0, 0.05) is 0 Å². The Morgan fingerprint density at radius 1 is 0.452 bits per heavy atom. The smallest absolute Gasteiger partial charge is 0.321 e. The van der Waals surface area contributed by atoms with Gasteiger partial charge in [0.25, 0.3) is 0 Å². The van der Waals surface area contributed by atoms with Crippen molar-refractivity contribution in [1.82, 2.24) is 0 Å². The van der Waals surface area contributed by atoms with Gasteiger partial charge in [0.15, 0.2) is 0 Å². The van der Waals surface area contributed by atoms with Crippen LogP contribution in [0.25, 0.3) is 0 Å². The molecule has 244 valence electrons. The second-order valence-corrected chi connectivity index (χ2v) is 13.0. The van der Waals surface area contributed by atoms with Gasteiger partial charge in [0.2, 0.25) is 0 Å². The van der Waals surface area contributed by atoms with Gasteiger partial charge in [-0.25, -0.2) is 0 Å². The van der Waals surface area contributed by atoms with E-state index in [1.165, 1.54) is 167 Å². The monoisotopic (exact) mass is 585 g/mol. The molecule has 0 aromatic rings. The van der Waals surface area contributed by atoms with E-state index in [0.29, 0.717) is 0 Å². The quantitative estimate of drug-likeness (QED) is 0.0446. The van der Waals surface area contributed by atoms with Gasteiger partial charge >= 0.3 is 5.97 Å². The molecule has 0 spiro atoms. The standard InChI is InChI=1S/C40H72O2/c1-3-5-7-9-11-13-15-17-19-21-23-25-27-29-31-33-35-37-39-38(40(41)42-39)36-34-32-30-28-26-24-22-20-18-16-14-12-10-8-6-4-2/h25-28,37-38H,3-24,29-36H2,1-2H3/b27-25+,28-26+,39-37+. The highest BCUT2D eigenvalue weighted by atomic mass is 16.6. The summed E-state index contributed by atoms with van der Waals surface area (Å²) >= 11 is 0. The van der Waals surface area contributed by atoms with E-state index in [-0.39, 0.29) is 11.9 Å². The largest absolute Gasteiger partial charge is 0.430 e. The van der Waals surface area contributed by atoms with E-state index in [0.717, 1.165) is 31.4 Å². The van der Waals surface area contributed by atoms with Gasteiger partial charge in [-0.3, -0.25) is 4.79 Å². The van der Waals surface area contributed by atoms with Crippen LogP contribution in [0, 0.1) is 5.92 Å². The van der Waals surface area contributed by atoms with Crippen LogP contribution in [0.5, 0.6) is 0 Å². The Bertz CT molecular complexity index is 673. The van der Waals surface area contributed by atoms with Crippen molar-refractivity contribution in [1.29, 1.82) is 0 Å². The van der Waals surface area contributed by atoms with Crippen LogP contribution in [0.15, 0.2) is 36.1 Å². The van der Waals surface area contributed by atoms with Crippen LogP contribution >= 0.6 is 0 Å². The van der Waals surface area contributed by atoms with E-state index in [9.17, 15) is 4.79 Å². The molecule has 1 saturated heterocycles. The van der Waals surface area contributed by atoms with Gasteiger partial charge in [-0.2, -0.15) is 0 Å². The zero-order chi connectivity index (χ0) is 30.2. The first-order valence-electron chi connectivity index (χ1n) is 19.0. The number of carbonyl (C=O) groups is 1. The second-order valence-electron chi connectivity index (χ2n) is 13.0. The van der Waals surface area contributed by atoms with Crippen molar-refractivity contribution in [3.05, 3.63) is 36.1 Å². The highest BCUT2D eigenvalue weighted by Gasteiger charge is 2.36. The minimum Gasteiger partial charge on any atom is -0.430 e. The van der Waals surface area contributed by atoms with E-state index in [2.05, 4.69) is 44.2 Å². The van der Waals surface area contributed by atoms with Crippen LogP contribution < -0.4 is 0 Å². The number of hydrogen-bond acceptors (Lipinski definition) is 2. The first-order chi connectivity index (χ1) is 20.8. The SMILES string of the molecule is CCCCCCCCCCCC/C=C/CCCC/C=C1/OC(=O)C1CCCC/C=C/CCCCCCCCCCCC. The average molecular weight is 585 g/mol. The number of rotatable bonds is 32. The van der Waals surface area contributed by atoms with Crippen molar-refractivity contribution in [3.63, 3.8) is 0 Å². The lowest BCUT2D eigenvalue weighted by molar-refractivity contribution is -0.157. The fourth-order valence-corrected chi connectivity index (χ4v) is 5.99. The Hall–Kier alpha value is -1.31. The molecule has 2 nitrogen and oxygen atoms in total. The Kier molecular flexibility index (Phi) is 28.7. The third kappa shape index (κ3) is 24.2. The van der Waals surface area contributed by atoms with Crippen molar-refractivity contribution in [2.75, 3.05) is 0 Å². The van der Waals surface area contributed by atoms with Crippen LogP contribution in [0.4, 0.5) is 0 Å². The second kappa shape index (κ2) is 31.1. The highest BCUT2D eigenvalue weighted by Crippen LogP contribution is 2.32. The van der Waals surface area contributed by atoms with Gasteiger partial charge in [-0.05, 0) is 76.7 Å². The molecule has 1 aliphatic rings. The fourth-order valence-electron chi connectivity index (χ4n) is 5.99. The van der Waals surface area contributed by atoms with Gasteiger partial charge in [-0.15, -0.1) is 0 Å². The maximum Gasteiger partial charge on any atom is 0.321 e. The molecular weight excluding hydrogens is 512 g/mol. The molecule has 0 radical (unpaired) electrons. The van der Waals surface area contributed by atoms with Gasteiger partial charge < -0.3 is 4.74 Å². The Morgan fingerprint density at radius 2 is 0.786 bits per heavy atom. The predicted molar refractivity (Wildman–Crippen MR) is 186 cm³/mol. The highest BCUT2D eigenvalue weighted by molar-refractivity contribution is 5.82. The van der Waals surface area contributed by atoms with Crippen LogP contribution in [-0.2, 0) is 9.53 Å². The van der Waals surface area contributed by atoms with E-state index in [1.54, 1.807) is 0 Å². The molecular formula is C40H72O2. The molecule has 1 unspecified atom stereocenters. The van der Waals surface area contributed by atoms with Crippen LogP contribution in [0.3, 0.4) is 0 Å². The molecule has 1 heterocycles. The zero-order valence-corrected chi connectivity index (χ0v) is 28.5. The third-order valence-corrected chi connectivity index (χ3v) is 8.91. The number of allylic oxidation sites excluding steroid dienone is 5. The molecule has 1 fully saturated rings. The summed E-state index contributed by atoms with van der Waals surface area (Å²) < 4.78 is 5.35. The van der Waals surface area contributed by atoms with E-state index in [1.807, 2.05) is 0 Å². The summed E-state index contributed by atoms with van der Waals surface area (Å²) in [4.78, 5) is 11.9. The van der Waals surface area contributed by atoms with Gasteiger partial charge in [0.05, 0.1) is 0 Å². The van der Waals surface area contributed by atoms with Gasteiger partial charge in [0.1, 0.15) is 11.7 Å². The summed E-state index contributed by atoms with van der Waals surface area (Å²) in [6.45, 7) is 4.58. The fraction of sp³-hybridized carbons (Fsp3) is 0.825. The molecule has 1 aliphatic heterocycles. The molecule has 1 atom stereocenters. The van der Waals surface area contributed by atoms with Crippen LogP contribution in [0.2, 0.25) is 0 Å². The first-order valence-corrected chi connectivity index (χ1v) is 19.0. The summed E-state index contributed by atoms with van der Waals surface area (Å²) in [5, 5.41) is 0.